The van der Waals surface area contributed by atoms with E-state index < -0.39 is 30.0 Å². The summed E-state index contributed by atoms with van der Waals surface area (Å²) < 4.78 is 60.3. The quantitative estimate of drug-likeness (QED) is 0.593. The van der Waals surface area contributed by atoms with Crippen LogP contribution in [0, 0.1) is 3.57 Å². The van der Waals surface area contributed by atoms with E-state index in [0.717, 1.165) is 18.2 Å². The molecule has 0 aromatic heterocycles. The van der Waals surface area contributed by atoms with Crippen LogP contribution in [0.2, 0.25) is 0 Å². The fourth-order valence-electron chi connectivity index (χ4n) is 0.851. The highest BCUT2D eigenvalue weighted by Crippen LogP contribution is 2.21. The van der Waals surface area contributed by atoms with Crippen LogP contribution in [0.3, 0.4) is 0 Å². The summed E-state index contributed by atoms with van der Waals surface area (Å²) in [5.41, 5.74) is 0. The van der Waals surface area contributed by atoms with Crippen LogP contribution in [0.4, 0.5) is 0 Å². The van der Waals surface area contributed by atoms with E-state index in [-0.39, 0.29) is 3.57 Å². The van der Waals surface area contributed by atoms with Crippen LogP contribution in [-0.2, 0) is 20.2 Å². The van der Waals surface area contributed by atoms with Crippen molar-refractivity contribution < 1.29 is 25.9 Å². The molecule has 1 aromatic rings. The van der Waals surface area contributed by atoms with Gasteiger partial charge in [0.1, 0.15) is 4.90 Å². The van der Waals surface area contributed by atoms with Crippen LogP contribution in [0.5, 0.6) is 0 Å². The Labute approximate surface area is 100.0 Å². The molecule has 0 aliphatic carbocycles. The SMILES string of the molecule is O=S(=O)(O)c1ccc(S(=O)(=O)O)c(I)c1. The lowest BCUT2D eigenvalue weighted by molar-refractivity contribution is 0.478. The summed E-state index contributed by atoms with van der Waals surface area (Å²) in [7, 11) is -8.75. The van der Waals surface area contributed by atoms with Crippen molar-refractivity contribution in [2.75, 3.05) is 0 Å². The van der Waals surface area contributed by atoms with E-state index in [1.807, 2.05) is 0 Å². The first-order valence-electron chi connectivity index (χ1n) is 3.37. The van der Waals surface area contributed by atoms with Gasteiger partial charge in [-0.2, -0.15) is 16.8 Å². The molecule has 0 radical (unpaired) electrons. The maximum atomic E-state index is 10.8. The van der Waals surface area contributed by atoms with Crippen LogP contribution in [0.1, 0.15) is 0 Å². The summed E-state index contributed by atoms with van der Waals surface area (Å²) in [5, 5.41) is 0. The van der Waals surface area contributed by atoms with Gasteiger partial charge >= 0.3 is 0 Å². The molecular weight excluding hydrogens is 359 g/mol. The molecule has 0 aliphatic heterocycles. The van der Waals surface area contributed by atoms with Gasteiger partial charge in [-0.25, -0.2) is 0 Å². The van der Waals surface area contributed by atoms with Crippen molar-refractivity contribution in [3.8, 4) is 0 Å². The first-order valence-corrected chi connectivity index (χ1v) is 7.33. The van der Waals surface area contributed by atoms with Gasteiger partial charge in [-0.1, -0.05) is 0 Å². The van der Waals surface area contributed by atoms with E-state index in [2.05, 4.69) is 0 Å². The molecule has 0 fully saturated rings. The summed E-state index contributed by atoms with van der Waals surface area (Å²) in [6.45, 7) is 0. The molecule has 2 N–H and O–H groups in total. The Balaban J connectivity index is 3.47. The summed E-state index contributed by atoms with van der Waals surface area (Å²) in [6, 6.07) is 2.74. The highest BCUT2D eigenvalue weighted by atomic mass is 127. The lowest BCUT2D eigenvalue weighted by atomic mass is 10.4. The zero-order valence-electron chi connectivity index (χ0n) is 6.95. The minimum absolute atomic E-state index is 0.00484. The third-order valence-corrected chi connectivity index (χ3v) is 4.50. The van der Waals surface area contributed by atoms with Crippen molar-refractivity contribution in [2.24, 2.45) is 0 Å². The van der Waals surface area contributed by atoms with E-state index in [1.54, 1.807) is 0 Å². The maximum absolute atomic E-state index is 10.8. The normalized spacial score (nSPS) is 12.7. The number of hydrogen-bond donors (Lipinski definition) is 2. The predicted molar refractivity (Wildman–Crippen MR) is 58.8 cm³/mol. The summed E-state index contributed by atoms with van der Waals surface area (Å²) in [4.78, 5) is -0.838. The van der Waals surface area contributed by atoms with Gasteiger partial charge in [0.15, 0.2) is 0 Å². The standard InChI is InChI=1S/C6H5IO6S2/c7-5-3-4(14(8,9)10)1-2-6(5)15(11,12)13/h1-3H,(H,8,9,10)(H,11,12,13). The first kappa shape index (κ1) is 12.8. The molecule has 0 saturated carbocycles. The number of halogens is 1. The second kappa shape index (κ2) is 3.97. The predicted octanol–water partition coefficient (Wildman–Crippen LogP) is 0.785. The van der Waals surface area contributed by atoms with Gasteiger partial charge in [-0.3, -0.25) is 9.11 Å². The van der Waals surface area contributed by atoms with Crippen LogP contribution in [-0.4, -0.2) is 25.9 Å². The molecule has 15 heavy (non-hydrogen) atoms. The molecule has 1 rings (SSSR count). The molecule has 1 aromatic carbocycles. The van der Waals surface area contributed by atoms with Gasteiger partial charge < -0.3 is 0 Å². The molecule has 0 bridgehead atoms. The van der Waals surface area contributed by atoms with Crippen molar-refractivity contribution in [3.05, 3.63) is 21.8 Å². The monoisotopic (exact) mass is 364 g/mol. The van der Waals surface area contributed by atoms with Crippen LogP contribution in [0.15, 0.2) is 28.0 Å². The highest BCUT2D eigenvalue weighted by molar-refractivity contribution is 14.1. The summed E-state index contributed by atoms with van der Waals surface area (Å²) in [5.74, 6) is 0. The third-order valence-electron chi connectivity index (χ3n) is 1.48. The fraction of sp³-hybridized carbons (Fsp3) is 0. The average Bonchev–Trinajstić information content (AvgIpc) is 1.99. The number of benzene rings is 1. The highest BCUT2D eigenvalue weighted by Gasteiger charge is 2.17. The zero-order valence-corrected chi connectivity index (χ0v) is 10.7. The molecule has 9 heteroatoms. The van der Waals surface area contributed by atoms with Gasteiger partial charge in [0.2, 0.25) is 0 Å². The second-order valence-corrected chi connectivity index (χ2v) is 6.52. The Morgan fingerprint density at radius 2 is 1.53 bits per heavy atom. The van der Waals surface area contributed by atoms with E-state index in [1.165, 1.54) is 22.6 Å². The fourth-order valence-corrected chi connectivity index (χ4v) is 3.46. The lowest BCUT2D eigenvalue weighted by Crippen LogP contribution is -2.04. The van der Waals surface area contributed by atoms with Crippen molar-refractivity contribution >= 4 is 42.8 Å². The Morgan fingerprint density at radius 1 is 1.00 bits per heavy atom. The number of hydrogen-bond acceptors (Lipinski definition) is 4. The van der Waals surface area contributed by atoms with E-state index in [4.69, 9.17) is 9.11 Å². The summed E-state index contributed by atoms with van der Waals surface area (Å²) >= 11 is 1.54. The van der Waals surface area contributed by atoms with Crippen molar-refractivity contribution in [1.82, 2.24) is 0 Å². The van der Waals surface area contributed by atoms with Gasteiger partial charge in [0.25, 0.3) is 20.2 Å². The minimum atomic E-state index is -4.38. The van der Waals surface area contributed by atoms with E-state index in [0.29, 0.717) is 0 Å². The number of rotatable bonds is 2. The second-order valence-electron chi connectivity index (χ2n) is 2.54. The first-order chi connectivity index (χ1) is 6.62. The minimum Gasteiger partial charge on any atom is -0.282 e. The Hall–Kier alpha value is -0.230. The van der Waals surface area contributed by atoms with Crippen LogP contribution in [0.25, 0.3) is 0 Å². The van der Waals surface area contributed by atoms with Crippen molar-refractivity contribution in [1.29, 1.82) is 0 Å². The van der Waals surface area contributed by atoms with Crippen LogP contribution >= 0.6 is 22.6 Å². The third kappa shape index (κ3) is 3.11. The van der Waals surface area contributed by atoms with Crippen molar-refractivity contribution in [2.45, 2.75) is 9.79 Å². The topological polar surface area (TPSA) is 109 Å². The molecular formula is C6H5IO6S2. The smallest absolute Gasteiger partial charge is 0.282 e. The Bertz CT molecular complexity index is 588. The van der Waals surface area contributed by atoms with Crippen LogP contribution < -0.4 is 0 Å². The van der Waals surface area contributed by atoms with Gasteiger partial charge in [-0.05, 0) is 40.8 Å². The van der Waals surface area contributed by atoms with Gasteiger partial charge in [0, 0.05) is 3.57 Å². The van der Waals surface area contributed by atoms with E-state index >= 15 is 0 Å². The Kier molecular flexibility index (Phi) is 3.40. The molecule has 0 saturated heterocycles. The van der Waals surface area contributed by atoms with E-state index in [9.17, 15) is 16.8 Å². The molecule has 0 spiro atoms. The molecule has 6 nitrogen and oxygen atoms in total. The zero-order chi connectivity index (χ0) is 11.9. The van der Waals surface area contributed by atoms with Gasteiger partial charge in [0.05, 0.1) is 4.90 Å². The molecule has 0 atom stereocenters. The molecule has 0 amide bonds. The molecule has 0 aliphatic rings. The largest absolute Gasteiger partial charge is 0.295 e. The lowest BCUT2D eigenvalue weighted by Gasteiger charge is -2.02. The molecule has 0 heterocycles. The average molecular weight is 364 g/mol. The van der Waals surface area contributed by atoms with Crippen molar-refractivity contribution in [3.63, 3.8) is 0 Å². The maximum Gasteiger partial charge on any atom is 0.295 e. The molecule has 84 valence electrons. The molecule has 0 unspecified atom stereocenters. The summed E-state index contributed by atoms with van der Waals surface area (Å²) in [6.07, 6.45) is 0. The van der Waals surface area contributed by atoms with Gasteiger partial charge in [-0.15, -0.1) is 0 Å². The Morgan fingerprint density at radius 3 is 1.87 bits per heavy atom.